The van der Waals surface area contributed by atoms with Gasteiger partial charge in [0, 0.05) is 19.2 Å². The highest BCUT2D eigenvalue weighted by molar-refractivity contribution is 5.97. The summed E-state index contributed by atoms with van der Waals surface area (Å²) in [5, 5.41) is 2.42. The number of hydrogen-bond donors (Lipinski definition) is 3. The average Bonchev–Trinajstić information content (AvgIpc) is 3.61. The van der Waals surface area contributed by atoms with Crippen molar-refractivity contribution in [3.8, 4) is 22.4 Å². The fourth-order valence-electron chi connectivity index (χ4n) is 4.59. The van der Waals surface area contributed by atoms with E-state index in [0.29, 0.717) is 17.9 Å². The largest absolute Gasteiger partial charge is 0.436 e. The van der Waals surface area contributed by atoms with Crippen molar-refractivity contribution >= 4 is 17.8 Å². The molecule has 1 fully saturated rings. The van der Waals surface area contributed by atoms with Crippen molar-refractivity contribution in [1.29, 1.82) is 0 Å². The zero-order valence-electron chi connectivity index (χ0n) is 21.4. The van der Waals surface area contributed by atoms with Crippen LogP contribution in [0.3, 0.4) is 0 Å². The number of alkyl carbamates (subject to hydrolysis) is 1. The first-order valence-corrected chi connectivity index (χ1v) is 12.5. The van der Waals surface area contributed by atoms with E-state index in [0.717, 1.165) is 35.2 Å². The van der Waals surface area contributed by atoms with Crippen LogP contribution >= 0.6 is 0 Å². The second kappa shape index (κ2) is 11.4. The van der Waals surface area contributed by atoms with Crippen molar-refractivity contribution in [1.82, 2.24) is 20.2 Å². The van der Waals surface area contributed by atoms with Gasteiger partial charge in [-0.05, 0) is 35.4 Å². The monoisotopic (exact) mass is 503 g/mol. The Morgan fingerprint density at radius 2 is 1.70 bits per heavy atom. The number of aromatic amines is 1. The Morgan fingerprint density at radius 1 is 1.08 bits per heavy atom. The smallest absolute Gasteiger partial charge is 0.407 e. The van der Waals surface area contributed by atoms with E-state index in [1.807, 2.05) is 50.2 Å². The molecular formula is C28H33N5O4. The predicted molar refractivity (Wildman–Crippen MR) is 141 cm³/mol. The molecule has 0 saturated carbocycles. The highest BCUT2D eigenvalue weighted by Gasteiger charge is 2.38. The second-order valence-corrected chi connectivity index (χ2v) is 9.47. The summed E-state index contributed by atoms with van der Waals surface area (Å²) in [4.78, 5) is 46.6. The predicted octanol–water partition coefficient (Wildman–Crippen LogP) is 3.93. The summed E-state index contributed by atoms with van der Waals surface area (Å²) in [6.45, 7) is 4.30. The van der Waals surface area contributed by atoms with Gasteiger partial charge in [0.1, 0.15) is 5.82 Å². The lowest BCUT2D eigenvalue weighted by Crippen LogP contribution is -2.45. The molecule has 0 radical (unpaired) electrons. The van der Waals surface area contributed by atoms with Crippen molar-refractivity contribution in [2.45, 2.75) is 38.8 Å². The Bertz CT molecular complexity index is 1250. The Balaban J connectivity index is 1.49. The number of nitrogens with one attached hydrogen (secondary N) is 2. The highest BCUT2D eigenvalue weighted by Crippen LogP contribution is 2.33. The number of nitrogens with two attached hydrogens (primary N) is 1. The number of ether oxygens (including phenoxy) is 1. The summed E-state index contributed by atoms with van der Waals surface area (Å²) in [6.07, 6.45) is 1.93. The van der Waals surface area contributed by atoms with E-state index in [1.165, 1.54) is 7.05 Å². The van der Waals surface area contributed by atoms with E-state index in [-0.39, 0.29) is 30.2 Å². The summed E-state index contributed by atoms with van der Waals surface area (Å²) in [5.74, 6) is 0.266. The quantitative estimate of drug-likeness (QED) is 0.399. The summed E-state index contributed by atoms with van der Waals surface area (Å²) in [5.41, 5.74) is 9.90. The van der Waals surface area contributed by atoms with Crippen molar-refractivity contribution < 1.29 is 19.1 Å². The van der Waals surface area contributed by atoms with Crippen LogP contribution in [0.1, 0.15) is 48.9 Å². The van der Waals surface area contributed by atoms with Crippen LogP contribution in [0.5, 0.6) is 0 Å². The topological polar surface area (TPSA) is 130 Å². The number of H-pyrrole nitrogens is 1. The van der Waals surface area contributed by atoms with Gasteiger partial charge in [-0.3, -0.25) is 9.59 Å². The fourth-order valence-corrected chi connectivity index (χ4v) is 4.59. The number of carbonyl (C=O) groups is 3. The number of likely N-dealkylation sites (tertiary alicyclic amines) is 1. The molecule has 2 atom stereocenters. The number of Topliss-reactive ketones (excluding diaryl/α,β-unsaturated/α-hetero) is 1. The SMILES string of the molecule is CNC(=O)O[C@H](C(=O)N1CCC[C@H]1c1ncc(-c2ccc(-c3ccc(C(=O)CN)cc3)cc2)[nH]1)C(C)C. The third-order valence-corrected chi connectivity index (χ3v) is 6.66. The third-order valence-electron chi connectivity index (χ3n) is 6.66. The number of carbonyl (C=O) groups excluding carboxylic acids is 3. The molecule has 4 rings (SSSR count). The van der Waals surface area contributed by atoms with Gasteiger partial charge in [0.2, 0.25) is 0 Å². The number of ketones is 1. The summed E-state index contributed by atoms with van der Waals surface area (Å²) < 4.78 is 5.37. The number of hydrogen-bond acceptors (Lipinski definition) is 6. The maximum atomic E-state index is 13.3. The minimum absolute atomic E-state index is 0.00487. The van der Waals surface area contributed by atoms with Crippen LogP contribution in [0.2, 0.25) is 0 Å². The standard InChI is InChI=1S/C28H33N5O4/c1-17(2)25(37-28(36)30-3)27(35)33-14-4-5-23(33)26-31-16-22(32-26)20-10-6-18(7-11-20)19-8-12-21(13-9-19)24(34)15-29/h6-13,16-17,23,25H,4-5,14-15,29H2,1-3H3,(H,30,36)(H,31,32)/t23-,25-/m0/s1. The number of benzene rings is 2. The fraction of sp³-hybridized carbons (Fsp3) is 0.357. The Hall–Kier alpha value is -3.98. The third kappa shape index (κ3) is 5.72. The van der Waals surface area contributed by atoms with E-state index in [4.69, 9.17) is 10.5 Å². The van der Waals surface area contributed by atoms with Gasteiger partial charge in [-0.25, -0.2) is 9.78 Å². The molecule has 194 valence electrons. The van der Waals surface area contributed by atoms with Crippen LogP contribution in [0, 0.1) is 5.92 Å². The van der Waals surface area contributed by atoms with Gasteiger partial charge in [-0.2, -0.15) is 0 Å². The first-order chi connectivity index (χ1) is 17.8. The minimum atomic E-state index is -0.856. The molecule has 0 spiro atoms. The molecule has 3 aromatic rings. The Kier molecular flexibility index (Phi) is 8.03. The molecule has 37 heavy (non-hydrogen) atoms. The molecule has 2 aromatic carbocycles. The molecule has 1 aromatic heterocycles. The molecule has 0 bridgehead atoms. The lowest BCUT2D eigenvalue weighted by molar-refractivity contribution is -0.143. The van der Waals surface area contributed by atoms with Crippen molar-refractivity contribution in [2.75, 3.05) is 20.1 Å². The Morgan fingerprint density at radius 3 is 2.30 bits per heavy atom. The molecule has 0 aliphatic carbocycles. The maximum Gasteiger partial charge on any atom is 0.407 e. The number of imidazole rings is 1. The zero-order valence-corrected chi connectivity index (χ0v) is 21.4. The van der Waals surface area contributed by atoms with Gasteiger partial charge in [0.25, 0.3) is 5.91 Å². The van der Waals surface area contributed by atoms with Gasteiger partial charge in [0.15, 0.2) is 11.9 Å². The van der Waals surface area contributed by atoms with E-state index in [2.05, 4.69) is 15.3 Å². The highest BCUT2D eigenvalue weighted by atomic mass is 16.6. The van der Waals surface area contributed by atoms with Crippen LogP contribution in [-0.4, -0.2) is 58.9 Å². The minimum Gasteiger partial charge on any atom is -0.436 e. The normalized spacial score (nSPS) is 16.0. The van der Waals surface area contributed by atoms with E-state index in [1.54, 1.807) is 23.2 Å². The summed E-state index contributed by atoms with van der Waals surface area (Å²) >= 11 is 0. The summed E-state index contributed by atoms with van der Waals surface area (Å²) in [6, 6.07) is 15.3. The molecular weight excluding hydrogens is 470 g/mol. The van der Waals surface area contributed by atoms with Crippen LogP contribution in [0.25, 0.3) is 22.4 Å². The first kappa shape index (κ1) is 26.1. The van der Waals surface area contributed by atoms with Gasteiger partial charge >= 0.3 is 6.09 Å². The molecule has 2 heterocycles. The van der Waals surface area contributed by atoms with Crippen molar-refractivity contribution in [3.05, 3.63) is 66.1 Å². The first-order valence-electron chi connectivity index (χ1n) is 12.5. The van der Waals surface area contributed by atoms with Crippen LogP contribution in [0.15, 0.2) is 54.7 Å². The van der Waals surface area contributed by atoms with Crippen LogP contribution < -0.4 is 11.1 Å². The van der Waals surface area contributed by atoms with Crippen LogP contribution in [-0.2, 0) is 9.53 Å². The van der Waals surface area contributed by atoms with E-state index >= 15 is 0 Å². The lowest BCUT2D eigenvalue weighted by atomic mass is 10.0. The molecule has 1 aliphatic heterocycles. The molecule has 2 amide bonds. The maximum absolute atomic E-state index is 13.3. The molecule has 9 heteroatoms. The van der Waals surface area contributed by atoms with E-state index in [9.17, 15) is 14.4 Å². The molecule has 0 unspecified atom stereocenters. The van der Waals surface area contributed by atoms with Crippen molar-refractivity contribution in [2.24, 2.45) is 11.7 Å². The van der Waals surface area contributed by atoms with Crippen LogP contribution in [0.4, 0.5) is 4.79 Å². The number of aromatic nitrogens is 2. The Labute approximate surface area is 216 Å². The van der Waals surface area contributed by atoms with Gasteiger partial charge in [-0.1, -0.05) is 62.4 Å². The van der Waals surface area contributed by atoms with Gasteiger partial charge in [0.05, 0.1) is 24.5 Å². The van der Waals surface area contributed by atoms with Gasteiger partial charge in [-0.15, -0.1) is 0 Å². The van der Waals surface area contributed by atoms with E-state index < -0.39 is 12.2 Å². The number of amides is 2. The molecule has 1 aliphatic rings. The average molecular weight is 504 g/mol. The van der Waals surface area contributed by atoms with Crippen molar-refractivity contribution in [3.63, 3.8) is 0 Å². The second-order valence-electron chi connectivity index (χ2n) is 9.47. The molecule has 4 N–H and O–H groups in total. The lowest BCUT2D eigenvalue weighted by Gasteiger charge is -2.29. The zero-order chi connectivity index (χ0) is 26.5. The summed E-state index contributed by atoms with van der Waals surface area (Å²) in [7, 11) is 1.47. The number of rotatable bonds is 8. The molecule has 9 nitrogen and oxygen atoms in total. The molecule has 1 saturated heterocycles. The van der Waals surface area contributed by atoms with Gasteiger partial charge < -0.3 is 25.7 Å². The number of nitrogens with zero attached hydrogens (tertiary/aromatic N) is 2.